The standard InChI is InChI=1S/C13H18N4O6/c1-5-13(2)17(3-7(23-13)9(20)6(19)4-18)10-8(14-5)11(21)16-12(22)15-10/h6-7,9,18-20H,3-4H2,1-2H3,(H2,15,16,21,22)/p-1/t6-,7+,9-,13+/m1/s1. The lowest BCUT2D eigenvalue weighted by Gasteiger charge is -2.38. The molecular formula is C13H17N4O6-. The topological polar surface area (TPSA) is 154 Å². The molecule has 2 aliphatic heterocycles. The number of aliphatic imine (C=N–C) groups is 1. The second kappa shape index (κ2) is 5.27. The average molecular weight is 325 g/mol. The van der Waals surface area contributed by atoms with Gasteiger partial charge in [0.25, 0.3) is 5.56 Å². The minimum Gasteiger partial charge on any atom is -0.846 e. The highest BCUT2D eigenvalue weighted by Gasteiger charge is 2.52. The highest BCUT2D eigenvalue weighted by Crippen LogP contribution is 2.41. The van der Waals surface area contributed by atoms with Crippen molar-refractivity contribution in [1.82, 2.24) is 9.97 Å². The van der Waals surface area contributed by atoms with Crippen molar-refractivity contribution in [3.63, 3.8) is 0 Å². The second-order valence-electron chi connectivity index (χ2n) is 5.73. The summed E-state index contributed by atoms with van der Waals surface area (Å²) in [6.45, 7) is 2.77. The Labute approximate surface area is 130 Å². The molecule has 2 aliphatic rings. The fraction of sp³-hybridized carbons (Fsp3) is 0.615. The second-order valence-corrected chi connectivity index (χ2v) is 5.73. The number of nitrogens with zero attached hydrogens (tertiary/aromatic N) is 3. The van der Waals surface area contributed by atoms with Crippen LogP contribution in [0.3, 0.4) is 0 Å². The van der Waals surface area contributed by atoms with Gasteiger partial charge in [0.05, 0.1) is 24.9 Å². The van der Waals surface area contributed by atoms with E-state index in [0.717, 1.165) is 0 Å². The summed E-state index contributed by atoms with van der Waals surface area (Å²) in [6, 6.07) is -0.801. The lowest BCUT2D eigenvalue weighted by Crippen LogP contribution is -2.51. The molecule has 4 N–H and O–H groups in total. The third kappa shape index (κ3) is 2.30. The number of rotatable bonds is 3. The van der Waals surface area contributed by atoms with Gasteiger partial charge < -0.3 is 35.0 Å². The number of aromatic nitrogens is 2. The number of aliphatic hydroxyl groups excluding tert-OH is 3. The molecule has 10 heteroatoms. The van der Waals surface area contributed by atoms with Crippen molar-refractivity contribution in [3.8, 4) is 6.01 Å². The van der Waals surface area contributed by atoms with E-state index in [1.54, 1.807) is 18.7 Å². The van der Waals surface area contributed by atoms with Gasteiger partial charge in [0.1, 0.15) is 18.3 Å². The molecule has 3 rings (SSSR count). The molecule has 4 atom stereocenters. The van der Waals surface area contributed by atoms with Crippen LogP contribution < -0.4 is 15.6 Å². The Hall–Kier alpha value is -2.01. The van der Waals surface area contributed by atoms with Crippen LogP contribution >= 0.6 is 0 Å². The molecule has 1 aromatic heterocycles. The van der Waals surface area contributed by atoms with Gasteiger partial charge in [-0.3, -0.25) is 4.79 Å². The first-order chi connectivity index (χ1) is 10.8. The Morgan fingerprint density at radius 2 is 2.26 bits per heavy atom. The SMILES string of the molecule is CC1=Nc2c(nc([O-])[nH]c2=O)N2C[C@@H]([C@H](O)[C@H](O)CO)O[C@@]12C. The van der Waals surface area contributed by atoms with Crippen molar-refractivity contribution in [2.24, 2.45) is 4.99 Å². The molecule has 3 heterocycles. The molecule has 1 fully saturated rings. The van der Waals surface area contributed by atoms with Gasteiger partial charge in [0, 0.05) is 0 Å². The average Bonchev–Trinajstić information content (AvgIpc) is 2.87. The van der Waals surface area contributed by atoms with E-state index < -0.39 is 42.2 Å². The van der Waals surface area contributed by atoms with Crippen LogP contribution in [0.25, 0.3) is 0 Å². The molecule has 1 aromatic rings. The van der Waals surface area contributed by atoms with E-state index >= 15 is 0 Å². The van der Waals surface area contributed by atoms with Crippen LogP contribution in [0.2, 0.25) is 0 Å². The largest absolute Gasteiger partial charge is 0.846 e. The van der Waals surface area contributed by atoms with Crippen LogP contribution in [-0.4, -0.2) is 68.2 Å². The number of H-pyrrole nitrogens is 1. The molecular weight excluding hydrogens is 308 g/mol. The summed E-state index contributed by atoms with van der Waals surface area (Å²) < 4.78 is 5.81. The minimum atomic E-state index is -1.37. The van der Waals surface area contributed by atoms with Gasteiger partial charge in [0.15, 0.2) is 17.2 Å². The zero-order valence-corrected chi connectivity index (χ0v) is 12.6. The van der Waals surface area contributed by atoms with Crippen molar-refractivity contribution in [2.75, 3.05) is 18.1 Å². The van der Waals surface area contributed by atoms with E-state index in [9.17, 15) is 20.1 Å². The van der Waals surface area contributed by atoms with Gasteiger partial charge in [0.2, 0.25) is 0 Å². The number of hydrogen-bond donors (Lipinski definition) is 4. The van der Waals surface area contributed by atoms with E-state index in [0.29, 0.717) is 5.71 Å². The Balaban J connectivity index is 2.04. The first kappa shape index (κ1) is 15.9. The lowest BCUT2D eigenvalue weighted by molar-refractivity contribution is -0.281. The van der Waals surface area contributed by atoms with Gasteiger partial charge in [-0.05, 0) is 13.8 Å². The molecule has 0 bridgehead atoms. The van der Waals surface area contributed by atoms with Crippen molar-refractivity contribution in [2.45, 2.75) is 37.9 Å². The Kier molecular flexibility index (Phi) is 3.64. The zero-order chi connectivity index (χ0) is 16.9. The van der Waals surface area contributed by atoms with E-state index in [1.807, 2.05) is 0 Å². The van der Waals surface area contributed by atoms with E-state index in [4.69, 9.17) is 9.84 Å². The molecule has 0 aromatic carbocycles. The maximum Gasteiger partial charge on any atom is 0.278 e. The summed E-state index contributed by atoms with van der Waals surface area (Å²) in [5.74, 6) is 0.0695. The molecule has 126 valence electrons. The van der Waals surface area contributed by atoms with Crippen LogP contribution in [-0.2, 0) is 4.74 Å². The van der Waals surface area contributed by atoms with Crippen LogP contribution in [0.15, 0.2) is 9.79 Å². The number of nitrogens with one attached hydrogen (secondary N) is 1. The van der Waals surface area contributed by atoms with Crippen molar-refractivity contribution in [1.29, 1.82) is 0 Å². The molecule has 1 saturated heterocycles. The number of hydrogen-bond acceptors (Lipinski definition) is 9. The monoisotopic (exact) mass is 325 g/mol. The molecule has 23 heavy (non-hydrogen) atoms. The Bertz CT molecular complexity index is 719. The smallest absolute Gasteiger partial charge is 0.278 e. The fourth-order valence-corrected chi connectivity index (χ4v) is 2.85. The van der Waals surface area contributed by atoms with Gasteiger partial charge in [-0.1, -0.05) is 0 Å². The van der Waals surface area contributed by atoms with Gasteiger partial charge in [-0.25, -0.2) is 9.98 Å². The van der Waals surface area contributed by atoms with E-state index in [1.165, 1.54) is 0 Å². The van der Waals surface area contributed by atoms with Crippen LogP contribution in [0.5, 0.6) is 6.01 Å². The van der Waals surface area contributed by atoms with Crippen LogP contribution in [0.1, 0.15) is 13.8 Å². The zero-order valence-electron chi connectivity index (χ0n) is 12.6. The highest BCUT2D eigenvalue weighted by atomic mass is 16.6. The maximum absolute atomic E-state index is 11.9. The predicted octanol–water partition coefficient (Wildman–Crippen LogP) is -2.41. The molecule has 0 spiro atoms. The van der Waals surface area contributed by atoms with E-state index in [-0.39, 0.29) is 18.1 Å². The molecule has 0 aliphatic carbocycles. The fourth-order valence-electron chi connectivity index (χ4n) is 2.85. The number of fused-ring (bicyclic) bond motifs is 3. The number of anilines is 1. The first-order valence-corrected chi connectivity index (χ1v) is 7.07. The third-order valence-electron chi connectivity index (χ3n) is 4.28. The normalized spacial score (nSPS) is 28.8. The minimum absolute atomic E-state index is 0.000946. The summed E-state index contributed by atoms with van der Waals surface area (Å²) in [4.78, 5) is 23.5. The van der Waals surface area contributed by atoms with Crippen LogP contribution in [0, 0.1) is 0 Å². The van der Waals surface area contributed by atoms with E-state index in [2.05, 4.69) is 15.0 Å². The van der Waals surface area contributed by atoms with Crippen LogP contribution in [0.4, 0.5) is 11.5 Å². The summed E-state index contributed by atoms with van der Waals surface area (Å²) in [5, 5.41) is 40.1. The number of aliphatic hydroxyl groups is 3. The first-order valence-electron chi connectivity index (χ1n) is 7.07. The van der Waals surface area contributed by atoms with Crippen molar-refractivity contribution >= 4 is 17.2 Å². The van der Waals surface area contributed by atoms with Gasteiger partial charge >= 0.3 is 0 Å². The predicted molar refractivity (Wildman–Crippen MR) is 76.8 cm³/mol. The molecule has 0 saturated carbocycles. The molecule has 0 unspecified atom stereocenters. The third-order valence-corrected chi connectivity index (χ3v) is 4.28. The van der Waals surface area contributed by atoms with Crippen molar-refractivity contribution in [3.05, 3.63) is 10.4 Å². The lowest BCUT2D eigenvalue weighted by atomic mass is 10.1. The number of ether oxygens (including phenoxy) is 1. The summed E-state index contributed by atoms with van der Waals surface area (Å²) in [6.07, 6.45) is -3.56. The van der Waals surface area contributed by atoms with Gasteiger partial charge in [-0.15, -0.1) is 0 Å². The quantitative estimate of drug-likeness (QED) is 0.479. The molecule has 0 amide bonds. The highest BCUT2D eigenvalue weighted by molar-refractivity contribution is 5.99. The summed E-state index contributed by atoms with van der Waals surface area (Å²) in [7, 11) is 0. The maximum atomic E-state index is 11.9. The van der Waals surface area contributed by atoms with Gasteiger partial charge in [-0.2, -0.15) is 0 Å². The van der Waals surface area contributed by atoms with Crippen molar-refractivity contribution < 1.29 is 25.2 Å². The Morgan fingerprint density at radius 1 is 1.57 bits per heavy atom. The molecule has 0 radical (unpaired) electrons. The summed E-state index contributed by atoms with van der Waals surface area (Å²) >= 11 is 0. The number of aromatic amines is 1. The Morgan fingerprint density at radius 3 is 2.91 bits per heavy atom. The molecule has 10 nitrogen and oxygen atoms in total. The summed E-state index contributed by atoms with van der Waals surface area (Å²) in [5.41, 5.74) is -1.31.